The maximum atomic E-state index is 10.9. The first-order chi connectivity index (χ1) is 7.93. The number of halogens is 1. The van der Waals surface area contributed by atoms with E-state index in [0.717, 1.165) is 24.8 Å². The molecule has 1 aromatic carbocycles. The van der Waals surface area contributed by atoms with Gasteiger partial charge in [0.05, 0.1) is 4.90 Å². The second kappa shape index (κ2) is 8.56. The van der Waals surface area contributed by atoms with Crippen molar-refractivity contribution in [2.24, 2.45) is 0 Å². The quantitative estimate of drug-likeness (QED) is 0.420. The SMILES string of the molecule is CCCCC(Cl)Cc1cccc(S(=O)(=O)[O-])c1.[Na+]. The summed E-state index contributed by atoms with van der Waals surface area (Å²) in [5, 5.41) is -0.0143. The number of hydrogen-bond acceptors (Lipinski definition) is 3. The van der Waals surface area contributed by atoms with Gasteiger partial charge in [-0.25, -0.2) is 8.42 Å². The number of alkyl halides is 1. The standard InChI is InChI=1S/C12H17ClO3S.Na/c1-2-3-6-11(13)8-10-5-4-7-12(9-10)17(14,15)16;/h4-5,7,9,11H,2-3,6,8H2,1H3,(H,14,15,16);/q;+1/p-1. The fourth-order valence-corrected chi connectivity index (χ4v) is 2.48. The third-order valence-electron chi connectivity index (χ3n) is 2.52. The molecule has 0 saturated carbocycles. The first-order valence-corrected chi connectivity index (χ1v) is 7.47. The second-order valence-electron chi connectivity index (χ2n) is 4.05. The van der Waals surface area contributed by atoms with E-state index in [2.05, 4.69) is 6.92 Å². The van der Waals surface area contributed by atoms with Crippen molar-refractivity contribution in [3.05, 3.63) is 29.8 Å². The van der Waals surface area contributed by atoms with Crippen LogP contribution < -0.4 is 29.6 Å². The molecule has 1 atom stereocenters. The predicted molar refractivity (Wildman–Crippen MR) is 67.3 cm³/mol. The summed E-state index contributed by atoms with van der Waals surface area (Å²) in [6.07, 6.45) is 3.61. The van der Waals surface area contributed by atoms with Crippen LogP contribution in [0.2, 0.25) is 0 Å². The van der Waals surface area contributed by atoms with Crippen LogP contribution in [0.4, 0.5) is 0 Å². The van der Waals surface area contributed by atoms with E-state index in [4.69, 9.17) is 11.6 Å². The van der Waals surface area contributed by atoms with E-state index in [1.165, 1.54) is 12.1 Å². The Kier molecular flexibility index (Phi) is 8.76. The zero-order valence-corrected chi connectivity index (χ0v) is 14.3. The van der Waals surface area contributed by atoms with Crippen LogP contribution in [0.15, 0.2) is 29.2 Å². The number of benzene rings is 1. The monoisotopic (exact) mass is 298 g/mol. The van der Waals surface area contributed by atoms with Crippen molar-refractivity contribution >= 4 is 21.7 Å². The molecule has 96 valence electrons. The van der Waals surface area contributed by atoms with Crippen molar-refractivity contribution in [1.82, 2.24) is 0 Å². The van der Waals surface area contributed by atoms with Gasteiger partial charge in [0.2, 0.25) is 0 Å². The van der Waals surface area contributed by atoms with Gasteiger partial charge in [0.15, 0.2) is 0 Å². The molecule has 6 heteroatoms. The van der Waals surface area contributed by atoms with Crippen molar-refractivity contribution < 1.29 is 42.5 Å². The summed E-state index contributed by atoms with van der Waals surface area (Å²) in [6, 6.07) is 6.07. The molecule has 1 aromatic rings. The summed E-state index contributed by atoms with van der Waals surface area (Å²) in [5.41, 5.74) is 0.790. The molecular formula is C12H16ClNaO3S. The van der Waals surface area contributed by atoms with Gasteiger partial charge in [-0.3, -0.25) is 0 Å². The summed E-state index contributed by atoms with van der Waals surface area (Å²) in [4.78, 5) is -0.186. The largest absolute Gasteiger partial charge is 1.00 e. The zero-order chi connectivity index (χ0) is 12.9. The van der Waals surface area contributed by atoms with E-state index in [9.17, 15) is 13.0 Å². The van der Waals surface area contributed by atoms with Crippen LogP contribution in [-0.4, -0.2) is 18.3 Å². The Hall–Kier alpha value is 0.420. The Balaban J connectivity index is 0.00000289. The molecule has 0 saturated heterocycles. The Morgan fingerprint density at radius 3 is 2.61 bits per heavy atom. The zero-order valence-electron chi connectivity index (χ0n) is 10.7. The van der Waals surface area contributed by atoms with Crippen LogP contribution >= 0.6 is 11.6 Å². The first-order valence-electron chi connectivity index (χ1n) is 5.62. The van der Waals surface area contributed by atoms with Gasteiger partial charge in [-0.05, 0) is 30.5 Å². The molecule has 0 aliphatic heterocycles. The molecule has 18 heavy (non-hydrogen) atoms. The Morgan fingerprint density at radius 2 is 2.06 bits per heavy atom. The van der Waals surface area contributed by atoms with E-state index in [0.29, 0.717) is 6.42 Å². The Bertz CT molecular complexity index is 462. The molecule has 0 aromatic heterocycles. The maximum Gasteiger partial charge on any atom is 1.00 e. The number of unbranched alkanes of at least 4 members (excludes halogenated alkanes) is 1. The van der Waals surface area contributed by atoms with Crippen LogP contribution in [-0.2, 0) is 16.5 Å². The van der Waals surface area contributed by atoms with Crippen molar-refractivity contribution in [2.75, 3.05) is 0 Å². The van der Waals surface area contributed by atoms with Crippen LogP contribution in [0, 0.1) is 0 Å². The third-order valence-corrected chi connectivity index (χ3v) is 3.72. The molecule has 0 aliphatic rings. The normalized spacial score (nSPS) is 12.8. The third kappa shape index (κ3) is 6.55. The summed E-state index contributed by atoms with van der Waals surface area (Å²) in [5.74, 6) is 0. The fourth-order valence-electron chi connectivity index (χ4n) is 1.61. The van der Waals surface area contributed by atoms with Crippen molar-refractivity contribution in [1.29, 1.82) is 0 Å². The van der Waals surface area contributed by atoms with E-state index in [1.54, 1.807) is 12.1 Å². The summed E-state index contributed by atoms with van der Waals surface area (Å²) >= 11 is 6.13. The van der Waals surface area contributed by atoms with Gasteiger partial charge in [0.25, 0.3) is 0 Å². The molecule has 0 spiro atoms. The molecule has 0 aliphatic carbocycles. The molecule has 1 unspecified atom stereocenters. The van der Waals surface area contributed by atoms with Gasteiger partial charge in [-0.1, -0.05) is 31.9 Å². The molecule has 0 fully saturated rings. The molecule has 0 bridgehead atoms. The molecule has 3 nitrogen and oxygen atoms in total. The molecule has 0 heterocycles. The number of rotatable bonds is 6. The van der Waals surface area contributed by atoms with Crippen LogP contribution in [0.5, 0.6) is 0 Å². The molecule has 0 radical (unpaired) electrons. The Labute approximate surface area is 136 Å². The average molecular weight is 299 g/mol. The van der Waals surface area contributed by atoms with Gasteiger partial charge in [-0.2, -0.15) is 0 Å². The fraction of sp³-hybridized carbons (Fsp3) is 0.500. The maximum absolute atomic E-state index is 10.9. The van der Waals surface area contributed by atoms with E-state index < -0.39 is 10.1 Å². The minimum atomic E-state index is -4.37. The van der Waals surface area contributed by atoms with Crippen molar-refractivity contribution in [3.63, 3.8) is 0 Å². The van der Waals surface area contributed by atoms with Crippen LogP contribution in [0.25, 0.3) is 0 Å². The molecular weight excluding hydrogens is 283 g/mol. The molecule has 0 N–H and O–H groups in total. The second-order valence-corrected chi connectivity index (χ2v) is 6.04. The summed E-state index contributed by atoms with van der Waals surface area (Å²) in [6.45, 7) is 2.09. The predicted octanol–water partition coefficient (Wildman–Crippen LogP) is -0.0652. The minimum Gasteiger partial charge on any atom is -0.744 e. The first kappa shape index (κ1) is 18.4. The molecule has 0 amide bonds. The smallest absolute Gasteiger partial charge is 0.744 e. The van der Waals surface area contributed by atoms with Gasteiger partial charge in [0.1, 0.15) is 10.1 Å². The van der Waals surface area contributed by atoms with Gasteiger partial charge in [0, 0.05) is 5.38 Å². The van der Waals surface area contributed by atoms with Crippen LogP contribution in [0.3, 0.4) is 0 Å². The van der Waals surface area contributed by atoms with Gasteiger partial charge >= 0.3 is 29.6 Å². The van der Waals surface area contributed by atoms with E-state index >= 15 is 0 Å². The van der Waals surface area contributed by atoms with E-state index in [1.807, 2.05) is 0 Å². The van der Waals surface area contributed by atoms with E-state index in [-0.39, 0.29) is 39.8 Å². The summed E-state index contributed by atoms with van der Waals surface area (Å²) < 4.78 is 32.6. The minimum absolute atomic E-state index is 0. The van der Waals surface area contributed by atoms with Crippen LogP contribution in [0.1, 0.15) is 31.7 Å². The van der Waals surface area contributed by atoms with Crippen molar-refractivity contribution in [2.45, 2.75) is 42.9 Å². The van der Waals surface area contributed by atoms with Crippen molar-refractivity contribution in [3.8, 4) is 0 Å². The Morgan fingerprint density at radius 1 is 1.39 bits per heavy atom. The van der Waals surface area contributed by atoms with Gasteiger partial charge in [-0.15, -0.1) is 11.6 Å². The average Bonchev–Trinajstić information content (AvgIpc) is 2.25. The number of hydrogen-bond donors (Lipinski definition) is 0. The van der Waals surface area contributed by atoms with Gasteiger partial charge < -0.3 is 4.55 Å². The topological polar surface area (TPSA) is 57.2 Å². The molecule has 1 rings (SSSR count). The summed E-state index contributed by atoms with van der Waals surface area (Å²) in [7, 11) is -4.37.